The molecule has 0 bridgehead atoms. The molecule has 6 nitrogen and oxygen atoms in total. The van der Waals surface area contributed by atoms with Gasteiger partial charge in [0.25, 0.3) is 5.91 Å². The van der Waals surface area contributed by atoms with E-state index < -0.39 is 5.91 Å². The molecule has 8 heteroatoms. The van der Waals surface area contributed by atoms with Gasteiger partial charge in [0.1, 0.15) is 18.2 Å². The molecule has 0 aliphatic rings. The van der Waals surface area contributed by atoms with Gasteiger partial charge in [-0.3, -0.25) is 4.79 Å². The molecule has 0 saturated heterocycles. The van der Waals surface area contributed by atoms with Crippen LogP contribution in [0.1, 0.15) is 23.6 Å². The number of nitrogens with zero attached hydrogens (tertiary/aromatic N) is 1. The van der Waals surface area contributed by atoms with Crippen LogP contribution < -0.4 is 14.8 Å². The van der Waals surface area contributed by atoms with E-state index in [0.717, 1.165) is 25.6 Å². The zero-order chi connectivity index (χ0) is 26.2. The van der Waals surface area contributed by atoms with Gasteiger partial charge in [-0.05, 0) is 77.4 Å². The van der Waals surface area contributed by atoms with Crippen LogP contribution in [-0.4, -0.2) is 24.0 Å². The van der Waals surface area contributed by atoms with Crippen molar-refractivity contribution in [2.24, 2.45) is 0 Å². The molecule has 1 aromatic heterocycles. The van der Waals surface area contributed by atoms with Crippen molar-refractivity contribution >= 4 is 57.1 Å². The van der Waals surface area contributed by atoms with Gasteiger partial charge in [-0.2, -0.15) is 5.26 Å². The maximum atomic E-state index is 12.7. The van der Waals surface area contributed by atoms with Crippen molar-refractivity contribution in [3.8, 4) is 17.6 Å². The fraction of sp³-hybridized carbons (Fsp3) is 0.172. The predicted octanol–water partition coefficient (Wildman–Crippen LogP) is 6.67. The molecule has 4 rings (SSSR count). The number of carbonyl (C=O) groups excluding carboxylic acids is 1. The van der Waals surface area contributed by atoms with Crippen molar-refractivity contribution in [3.63, 3.8) is 0 Å². The third kappa shape index (κ3) is 6.64. The number of para-hydroxylation sites is 1. The minimum Gasteiger partial charge on any atom is -0.490 e. The van der Waals surface area contributed by atoms with Crippen molar-refractivity contribution in [2.45, 2.75) is 20.0 Å². The minimum absolute atomic E-state index is 0.0157. The fourth-order valence-corrected chi connectivity index (χ4v) is 4.87. The number of rotatable bonds is 10. The molecule has 0 radical (unpaired) electrons. The van der Waals surface area contributed by atoms with Gasteiger partial charge in [-0.1, -0.05) is 48.0 Å². The smallest absolute Gasteiger partial charge is 0.261 e. The molecule has 0 aliphatic carbocycles. The van der Waals surface area contributed by atoms with Gasteiger partial charge in [0.2, 0.25) is 0 Å². The third-order valence-corrected chi connectivity index (χ3v) is 6.86. The number of carbonyl (C=O) groups is 1. The van der Waals surface area contributed by atoms with E-state index in [2.05, 4.69) is 32.9 Å². The summed E-state index contributed by atoms with van der Waals surface area (Å²) in [6.07, 6.45) is 4.16. The number of aromatic nitrogens is 1. The average molecular weight is 626 g/mol. The second-order valence-electron chi connectivity index (χ2n) is 8.18. The summed E-state index contributed by atoms with van der Waals surface area (Å²) in [5.74, 6) is 0.695. The number of ether oxygens (including phenoxy) is 2. The summed E-state index contributed by atoms with van der Waals surface area (Å²) in [5.41, 5.74) is 3.72. The normalized spacial score (nSPS) is 11.2. The summed E-state index contributed by atoms with van der Waals surface area (Å²) in [7, 11) is 0. The van der Waals surface area contributed by atoms with E-state index in [1.54, 1.807) is 12.1 Å². The fourth-order valence-electron chi connectivity index (χ4n) is 3.90. The molecule has 0 aliphatic heterocycles. The Balaban J connectivity index is 1.46. The molecule has 4 aromatic rings. The molecule has 188 valence electrons. The Labute approximate surface area is 234 Å². The number of amides is 1. The molecular formula is C29H25ClIN3O3. The molecule has 1 amide bonds. The summed E-state index contributed by atoms with van der Waals surface area (Å²) in [6, 6.07) is 21.1. The first-order valence-electron chi connectivity index (χ1n) is 11.8. The maximum absolute atomic E-state index is 12.7. The summed E-state index contributed by atoms with van der Waals surface area (Å²) < 4.78 is 12.7. The van der Waals surface area contributed by atoms with E-state index in [4.69, 9.17) is 21.1 Å². The van der Waals surface area contributed by atoms with Crippen LogP contribution in [0.25, 0.3) is 17.0 Å². The first-order valence-corrected chi connectivity index (χ1v) is 13.2. The number of aromatic amines is 1. The van der Waals surface area contributed by atoms with Gasteiger partial charge in [0.15, 0.2) is 11.5 Å². The monoisotopic (exact) mass is 625 g/mol. The zero-order valence-corrected chi connectivity index (χ0v) is 23.1. The quantitative estimate of drug-likeness (QED) is 0.117. The first kappa shape index (κ1) is 26.6. The summed E-state index contributed by atoms with van der Waals surface area (Å²) in [5, 5.41) is 14.3. The van der Waals surface area contributed by atoms with E-state index in [0.29, 0.717) is 41.7 Å². The molecule has 0 unspecified atom stereocenters. The lowest BCUT2D eigenvalue weighted by Gasteiger charge is -2.15. The standard InChI is InChI=1S/C29H25ClIN3O3/c1-2-36-27-15-19(14-25(31)28(27)37-18-21-7-3-5-9-24(21)30)13-22(16-32)29(35)33-12-11-20-17-34-26-10-6-4-8-23(20)26/h3-10,13-15,17,34H,2,11-12,18H2,1H3,(H,33,35)/b22-13-. The van der Waals surface area contributed by atoms with Gasteiger partial charge in [0, 0.05) is 34.2 Å². The molecule has 1 heterocycles. The number of halogens is 2. The maximum Gasteiger partial charge on any atom is 0.261 e. The van der Waals surface area contributed by atoms with Crippen LogP contribution in [0.4, 0.5) is 0 Å². The Kier molecular flexibility index (Phi) is 9.09. The summed E-state index contributed by atoms with van der Waals surface area (Å²) in [4.78, 5) is 16.0. The summed E-state index contributed by atoms with van der Waals surface area (Å²) in [6.45, 7) is 3.02. The Hall–Kier alpha value is -3.48. The SMILES string of the molecule is CCOc1cc(/C=C(/C#N)C(=O)NCCc2c[nH]c3ccccc23)cc(I)c1OCc1ccccc1Cl. The van der Waals surface area contributed by atoms with E-state index in [1.165, 1.54) is 0 Å². The summed E-state index contributed by atoms with van der Waals surface area (Å²) >= 11 is 8.42. The number of nitrogens with one attached hydrogen (secondary N) is 2. The highest BCUT2D eigenvalue weighted by Crippen LogP contribution is 2.36. The molecular weight excluding hydrogens is 601 g/mol. The molecule has 0 saturated carbocycles. The van der Waals surface area contributed by atoms with Crippen LogP contribution in [0.3, 0.4) is 0 Å². The molecule has 0 spiro atoms. The first-order chi connectivity index (χ1) is 18.0. The van der Waals surface area contributed by atoms with Crippen LogP contribution in [0.5, 0.6) is 11.5 Å². The second-order valence-corrected chi connectivity index (χ2v) is 9.75. The Morgan fingerprint density at radius 1 is 1.14 bits per heavy atom. The molecule has 2 N–H and O–H groups in total. The van der Waals surface area contributed by atoms with Gasteiger partial charge >= 0.3 is 0 Å². The average Bonchev–Trinajstić information content (AvgIpc) is 3.31. The number of H-pyrrole nitrogens is 1. The lowest BCUT2D eigenvalue weighted by molar-refractivity contribution is -0.117. The third-order valence-electron chi connectivity index (χ3n) is 5.69. The van der Waals surface area contributed by atoms with Crippen molar-refractivity contribution in [2.75, 3.05) is 13.2 Å². The van der Waals surface area contributed by atoms with Crippen molar-refractivity contribution in [1.82, 2.24) is 10.3 Å². The highest BCUT2D eigenvalue weighted by Gasteiger charge is 2.15. The van der Waals surface area contributed by atoms with E-state index in [1.807, 2.05) is 73.8 Å². The Bertz CT molecular complexity index is 1490. The lowest BCUT2D eigenvalue weighted by atomic mass is 10.1. The topological polar surface area (TPSA) is 87.1 Å². The predicted molar refractivity (Wildman–Crippen MR) is 155 cm³/mol. The number of nitriles is 1. The van der Waals surface area contributed by atoms with Gasteiger partial charge in [-0.15, -0.1) is 0 Å². The van der Waals surface area contributed by atoms with Crippen molar-refractivity contribution in [3.05, 3.63) is 97.7 Å². The van der Waals surface area contributed by atoms with E-state index in [-0.39, 0.29) is 12.2 Å². The van der Waals surface area contributed by atoms with Crippen molar-refractivity contribution < 1.29 is 14.3 Å². The van der Waals surface area contributed by atoms with Crippen LogP contribution >= 0.6 is 34.2 Å². The number of hydrogen-bond acceptors (Lipinski definition) is 4. The number of benzene rings is 3. The molecule has 0 fully saturated rings. The van der Waals surface area contributed by atoms with Gasteiger partial charge < -0.3 is 19.8 Å². The minimum atomic E-state index is -0.422. The van der Waals surface area contributed by atoms with Gasteiger partial charge in [-0.25, -0.2) is 0 Å². The zero-order valence-electron chi connectivity index (χ0n) is 20.2. The van der Waals surface area contributed by atoms with Gasteiger partial charge in [0.05, 0.1) is 10.2 Å². The van der Waals surface area contributed by atoms with E-state index in [9.17, 15) is 10.1 Å². The highest BCUT2D eigenvalue weighted by atomic mass is 127. The molecule has 3 aromatic carbocycles. The van der Waals surface area contributed by atoms with Crippen LogP contribution in [-0.2, 0) is 17.8 Å². The van der Waals surface area contributed by atoms with E-state index >= 15 is 0 Å². The van der Waals surface area contributed by atoms with Crippen LogP contribution in [0, 0.1) is 14.9 Å². The Morgan fingerprint density at radius 2 is 1.92 bits per heavy atom. The molecule has 0 atom stereocenters. The second kappa shape index (κ2) is 12.7. The van der Waals surface area contributed by atoms with Crippen LogP contribution in [0.2, 0.25) is 5.02 Å². The number of fused-ring (bicyclic) bond motifs is 1. The number of hydrogen-bond donors (Lipinski definition) is 2. The molecule has 37 heavy (non-hydrogen) atoms. The lowest BCUT2D eigenvalue weighted by Crippen LogP contribution is -2.26. The Morgan fingerprint density at radius 3 is 2.70 bits per heavy atom. The largest absolute Gasteiger partial charge is 0.490 e. The van der Waals surface area contributed by atoms with Crippen LogP contribution in [0.15, 0.2) is 72.4 Å². The highest BCUT2D eigenvalue weighted by molar-refractivity contribution is 14.1. The van der Waals surface area contributed by atoms with Crippen molar-refractivity contribution in [1.29, 1.82) is 5.26 Å².